The van der Waals surface area contributed by atoms with Crippen LogP contribution in [0.15, 0.2) is 40.6 Å². The number of halogens is 1. The van der Waals surface area contributed by atoms with Gasteiger partial charge in [-0.3, -0.25) is 0 Å². The summed E-state index contributed by atoms with van der Waals surface area (Å²) in [4.78, 5) is 5.49. The molecule has 0 amide bonds. The van der Waals surface area contributed by atoms with Gasteiger partial charge in [0.05, 0.1) is 10.6 Å². The number of nitrogens with zero attached hydrogens (tertiary/aromatic N) is 3. The number of aryl methyl sites for hydroxylation is 2. The molecule has 0 unspecified atom stereocenters. The second-order valence-electron chi connectivity index (χ2n) is 7.60. The maximum Gasteiger partial charge on any atom is 0.241 e. The van der Waals surface area contributed by atoms with Crippen LogP contribution in [0.5, 0.6) is 0 Å². The highest BCUT2D eigenvalue weighted by atomic mass is 32.2. The molecule has 0 aliphatic rings. The summed E-state index contributed by atoms with van der Waals surface area (Å²) in [7, 11) is -3.65. The molecule has 0 saturated heterocycles. The van der Waals surface area contributed by atoms with Crippen LogP contribution in [-0.4, -0.2) is 29.6 Å². The van der Waals surface area contributed by atoms with E-state index in [9.17, 15) is 12.8 Å². The predicted molar refractivity (Wildman–Crippen MR) is 121 cm³/mol. The number of rotatable bonds is 6. The van der Waals surface area contributed by atoms with Gasteiger partial charge < -0.3 is 0 Å². The van der Waals surface area contributed by atoms with Gasteiger partial charge in [-0.2, -0.15) is 4.98 Å². The predicted octanol–water partition coefficient (Wildman–Crippen LogP) is 4.35. The fourth-order valence-corrected chi connectivity index (χ4v) is 6.12. The number of fused-ring (bicyclic) bond motifs is 1. The van der Waals surface area contributed by atoms with E-state index in [0.29, 0.717) is 27.7 Å². The first-order chi connectivity index (χ1) is 14.7. The van der Waals surface area contributed by atoms with Crippen molar-refractivity contribution >= 4 is 26.3 Å². The second kappa shape index (κ2) is 8.14. The minimum Gasteiger partial charge on any atom is -0.211 e. The molecule has 1 N–H and O–H groups in total. The topological polar surface area (TPSA) is 76.4 Å². The number of hydrogen-bond acceptors (Lipinski definition) is 5. The summed E-state index contributed by atoms with van der Waals surface area (Å²) >= 11 is 1.42. The summed E-state index contributed by atoms with van der Waals surface area (Å²) in [6, 6.07) is 8.14. The SMILES string of the molecule is Cc1cc(C)c(C)c(S(=O)(=O)NCCc2csc3nc(-c4cccc(F)c4)nn23)c1C. The maximum atomic E-state index is 13.5. The fraction of sp³-hybridized carbons (Fsp3) is 0.273. The third-order valence-corrected chi connectivity index (χ3v) is 8.07. The standard InChI is InChI=1S/C22H23FN4O2S2/c1-13-10-14(2)16(4)20(15(13)3)31(28,29)24-9-8-19-12-30-22-25-21(26-27(19)22)17-6-5-7-18(23)11-17/h5-7,10-12,24H,8-9H2,1-4H3. The molecule has 0 radical (unpaired) electrons. The summed E-state index contributed by atoms with van der Waals surface area (Å²) in [5, 5.41) is 6.39. The Morgan fingerprint density at radius 2 is 1.81 bits per heavy atom. The summed E-state index contributed by atoms with van der Waals surface area (Å²) in [6.07, 6.45) is 0.452. The highest BCUT2D eigenvalue weighted by Crippen LogP contribution is 2.26. The largest absolute Gasteiger partial charge is 0.241 e. The van der Waals surface area contributed by atoms with Crippen molar-refractivity contribution in [3.8, 4) is 11.4 Å². The first-order valence-electron chi connectivity index (χ1n) is 9.83. The molecule has 4 rings (SSSR count). The summed E-state index contributed by atoms with van der Waals surface area (Å²) in [6.45, 7) is 7.74. The lowest BCUT2D eigenvalue weighted by Gasteiger charge is -2.16. The van der Waals surface area contributed by atoms with Gasteiger partial charge in [0.1, 0.15) is 5.82 Å². The third-order valence-electron chi connectivity index (χ3n) is 5.47. The summed E-state index contributed by atoms with van der Waals surface area (Å²) in [5.74, 6) is 0.0944. The molecule has 2 aromatic heterocycles. The second-order valence-corrected chi connectivity index (χ2v) is 10.1. The molecule has 2 heterocycles. The van der Waals surface area contributed by atoms with E-state index < -0.39 is 10.0 Å². The molecule has 6 nitrogen and oxygen atoms in total. The van der Waals surface area contributed by atoms with E-state index in [-0.39, 0.29) is 12.4 Å². The van der Waals surface area contributed by atoms with E-state index in [1.165, 1.54) is 23.5 Å². The average Bonchev–Trinajstić information content (AvgIpc) is 3.28. The van der Waals surface area contributed by atoms with Crippen molar-refractivity contribution in [3.05, 3.63) is 69.5 Å². The van der Waals surface area contributed by atoms with Gasteiger partial charge in [0.25, 0.3) is 0 Å². The number of benzene rings is 2. The van der Waals surface area contributed by atoms with Gasteiger partial charge in [-0.05, 0) is 62.1 Å². The van der Waals surface area contributed by atoms with Gasteiger partial charge in [-0.25, -0.2) is 22.0 Å². The highest BCUT2D eigenvalue weighted by Gasteiger charge is 2.22. The monoisotopic (exact) mass is 458 g/mol. The van der Waals surface area contributed by atoms with Crippen molar-refractivity contribution in [1.82, 2.24) is 19.3 Å². The molecule has 0 atom stereocenters. The van der Waals surface area contributed by atoms with E-state index in [0.717, 1.165) is 27.9 Å². The molecule has 0 aliphatic heterocycles. The van der Waals surface area contributed by atoms with Crippen LogP contribution in [0.2, 0.25) is 0 Å². The average molecular weight is 459 g/mol. The van der Waals surface area contributed by atoms with Crippen LogP contribution >= 0.6 is 11.3 Å². The van der Waals surface area contributed by atoms with E-state index in [4.69, 9.17) is 0 Å². The fourth-order valence-electron chi connectivity index (χ4n) is 3.62. The van der Waals surface area contributed by atoms with Crippen molar-refractivity contribution in [2.24, 2.45) is 0 Å². The number of hydrogen-bond donors (Lipinski definition) is 1. The van der Waals surface area contributed by atoms with E-state index >= 15 is 0 Å². The first-order valence-corrected chi connectivity index (χ1v) is 12.2. The van der Waals surface area contributed by atoms with Crippen LogP contribution in [0.4, 0.5) is 4.39 Å². The summed E-state index contributed by atoms with van der Waals surface area (Å²) in [5.41, 5.74) is 4.88. The quantitative estimate of drug-likeness (QED) is 0.466. The number of sulfonamides is 1. The van der Waals surface area contributed by atoms with Gasteiger partial charge in [-0.1, -0.05) is 18.2 Å². The number of nitrogens with one attached hydrogen (secondary N) is 1. The minimum absolute atomic E-state index is 0.231. The molecule has 0 bridgehead atoms. The Kier molecular flexibility index (Phi) is 5.67. The molecular weight excluding hydrogens is 435 g/mol. The maximum absolute atomic E-state index is 13.5. The normalized spacial score (nSPS) is 12.0. The highest BCUT2D eigenvalue weighted by molar-refractivity contribution is 7.89. The lowest BCUT2D eigenvalue weighted by molar-refractivity contribution is 0.579. The Labute approximate surface area is 184 Å². The van der Waals surface area contributed by atoms with Gasteiger partial charge >= 0.3 is 0 Å². The first kappa shape index (κ1) is 21.6. The van der Waals surface area contributed by atoms with E-state index in [1.807, 2.05) is 39.1 Å². The van der Waals surface area contributed by atoms with Crippen molar-refractivity contribution in [2.75, 3.05) is 6.54 Å². The zero-order valence-corrected chi connectivity index (χ0v) is 19.4. The van der Waals surface area contributed by atoms with Crippen LogP contribution in [0.25, 0.3) is 16.3 Å². The molecule has 0 saturated carbocycles. The molecule has 162 valence electrons. The molecule has 9 heteroatoms. The van der Waals surface area contributed by atoms with Gasteiger partial charge in [-0.15, -0.1) is 16.4 Å². The zero-order chi connectivity index (χ0) is 22.3. The Morgan fingerprint density at radius 1 is 1.10 bits per heavy atom. The Hall–Kier alpha value is -2.62. The molecule has 0 fully saturated rings. The van der Waals surface area contributed by atoms with E-state index in [1.54, 1.807) is 16.6 Å². The van der Waals surface area contributed by atoms with Crippen LogP contribution in [-0.2, 0) is 16.4 Å². The van der Waals surface area contributed by atoms with Crippen molar-refractivity contribution in [2.45, 2.75) is 39.0 Å². The van der Waals surface area contributed by atoms with Crippen molar-refractivity contribution in [3.63, 3.8) is 0 Å². The summed E-state index contributed by atoms with van der Waals surface area (Å²) < 4.78 is 44.0. The number of thiazole rings is 1. The molecule has 0 aliphatic carbocycles. The van der Waals surface area contributed by atoms with Crippen LogP contribution < -0.4 is 4.72 Å². The Balaban J connectivity index is 1.54. The zero-order valence-electron chi connectivity index (χ0n) is 17.7. The van der Waals surface area contributed by atoms with Crippen LogP contribution in [0, 0.1) is 33.5 Å². The lowest BCUT2D eigenvalue weighted by atomic mass is 10.0. The van der Waals surface area contributed by atoms with Gasteiger partial charge in [0.2, 0.25) is 15.0 Å². The molecule has 31 heavy (non-hydrogen) atoms. The van der Waals surface area contributed by atoms with Crippen molar-refractivity contribution < 1.29 is 12.8 Å². The van der Waals surface area contributed by atoms with Gasteiger partial charge in [0, 0.05) is 23.9 Å². The lowest BCUT2D eigenvalue weighted by Crippen LogP contribution is -2.28. The number of aromatic nitrogens is 3. The molecular formula is C22H23FN4O2S2. The minimum atomic E-state index is -3.65. The van der Waals surface area contributed by atoms with Crippen molar-refractivity contribution in [1.29, 1.82) is 0 Å². The van der Waals surface area contributed by atoms with E-state index in [2.05, 4.69) is 14.8 Å². The smallest absolute Gasteiger partial charge is 0.211 e. The third kappa shape index (κ3) is 4.13. The van der Waals surface area contributed by atoms with Gasteiger partial charge in [0.15, 0.2) is 5.82 Å². The Bertz CT molecular complexity index is 1360. The molecule has 0 spiro atoms. The molecule has 4 aromatic rings. The molecule has 2 aromatic carbocycles. The van der Waals surface area contributed by atoms with Crippen LogP contribution in [0.1, 0.15) is 27.9 Å². The van der Waals surface area contributed by atoms with Crippen LogP contribution in [0.3, 0.4) is 0 Å². The Morgan fingerprint density at radius 3 is 2.48 bits per heavy atom.